The molecule has 37 heavy (non-hydrogen) atoms. The zero-order valence-corrected chi connectivity index (χ0v) is 22.0. The lowest BCUT2D eigenvalue weighted by molar-refractivity contribution is -0.129. The molecule has 0 aromatic heterocycles. The van der Waals surface area contributed by atoms with E-state index in [1.807, 2.05) is 49.3 Å². The number of nitrogens with zero attached hydrogens (tertiary/aromatic N) is 1. The Morgan fingerprint density at radius 3 is 2.24 bits per heavy atom. The number of amides is 3. The highest BCUT2D eigenvalue weighted by atomic mass is 16.5. The maximum atomic E-state index is 13.6. The molecule has 0 saturated heterocycles. The van der Waals surface area contributed by atoms with Crippen molar-refractivity contribution in [2.45, 2.75) is 75.8 Å². The summed E-state index contributed by atoms with van der Waals surface area (Å²) in [4.78, 5) is 39.9. The van der Waals surface area contributed by atoms with E-state index in [1.54, 1.807) is 17.6 Å². The quantitative estimate of drug-likeness (QED) is 0.186. The summed E-state index contributed by atoms with van der Waals surface area (Å²) in [6.45, 7) is 0. The van der Waals surface area contributed by atoms with Crippen LogP contribution in [0.4, 0.5) is 5.69 Å². The van der Waals surface area contributed by atoms with Gasteiger partial charge in [0.15, 0.2) is 0 Å². The van der Waals surface area contributed by atoms with Gasteiger partial charge in [-0.1, -0.05) is 56.0 Å². The Hall–Kier alpha value is -3.39. The summed E-state index contributed by atoms with van der Waals surface area (Å²) in [7, 11) is 3.88. The SMILES string of the molecule is CN(C)c1ccc(C(=O)N[C@@H](CCCCCC(=O)NO)C(=O)NC2(Cc3ccccc3)CCCC2)cc1. The number of nitrogens with one attached hydrogen (secondary N) is 3. The van der Waals surface area contributed by atoms with Gasteiger partial charge in [0.25, 0.3) is 5.91 Å². The van der Waals surface area contributed by atoms with E-state index < -0.39 is 11.9 Å². The Bertz CT molecular complexity index is 1020. The molecule has 3 rings (SSSR count). The zero-order chi connectivity index (χ0) is 26.7. The first-order valence-electron chi connectivity index (χ1n) is 13.2. The van der Waals surface area contributed by atoms with Gasteiger partial charge in [0, 0.05) is 37.3 Å². The van der Waals surface area contributed by atoms with E-state index in [-0.39, 0.29) is 23.8 Å². The van der Waals surface area contributed by atoms with Gasteiger partial charge in [0.1, 0.15) is 6.04 Å². The summed E-state index contributed by atoms with van der Waals surface area (Å²) in [6.07, 6.45) is 7.38. The van der Waals surface area contributed by atoms with Crippen molar-refractivity contribution in [1.82, 2.24) is 16.1 Å². The van der Waals surface area contributed by atoms with Gasteiger partial charge in [-0.05, 0) is 61.9 Å². The number of hydroxylamine groups is 1. The van der Waals surface area contributed by atoms with Gasteiger partial charge in [0.2, 0.25) is 11.8 Å². The Morgan fingerprint density at radius 1 is 0.946 bits per heavy atom. The highest BCUT2D eigenvalue weighted by Gasteiger charge is 2.37. The molecule has 200 valence electrons. The Balaban J connectivity index is 1.69. The van der Waals surface area contributed by atoms with Gasteiger partial charge < -0.3 is 15.5 Å². The topological polar surface area (TPSA) is 111 Å². The highest BCUT2D eigenvalue weighted by Crippen LogP contribution is 2.33. The average molecular weight is 509 g/mol. The van der Waals surface area contributed by atoms with Crippen LogP contribution < -0.4 is 21.0 Å². The van der Waals surface area contributed by atoms with Crippen molar-refractivity contribution in [3.8, 4) is 0 Å². The summed E-state index contributed by atoms with van der Waals surface area (Å²) in [5.74, 6) is -0.870. The lowest BCUT2D eigenvalue weighted by Crippen LogP contribution is -2.55. The Labute approximate surface area is 219 Å². The second kappa shape index (κ2) is 13.8. The molecule has 0 radical (unpaired) electrons. The molecule has 2 aromatic carbocycles. The van der Waals surface area contributed by atoms with Crippen LogP contribution in [0.1, 0.15) is 73.7 Å². The normalized spacial score (nSPS) is 15.0. The maximum absolute atomic E-state index is 13.6. The van der Waals surface area contributed by atoms with Crippen LogP contribution in [0, 0.1) is 0 Å². The van der Waals surface area contributed by atoms with Crippen LogP contribution in [0.2, 0.25) is 0 Å². The monoisotopic (exact) mass is 508 g/mol. The third-order valence-electron chi connectivity index (χ3n) is 7.12. The van der Waals surface area contributed by atoms with E-state index >= 15 is 0 Å². The van der Waals surface area contributed by atoms with Gasteiger partial charge in [-0.15, -0.1) is 0 Å². The van der Waals surface area contributed by atoms with Crippen molar-refractivity contribution < 1.29 is 19.6 Å². The number of hydrogen-bond donors (Lipinski definition) is 4. The van der Waals surface area contributed by atoms with E-state index in [0.29, 0.717) is 31.2 Å². The molecule has 4 N–H and O–H groups in total. The minimum atomic E-state index is -0.680. The van der Waals surface area contributed by atoms with Crippen LogP contribution in [0.15, 0.2) is 54.6 Å². The van der Waals surface area contributed by atoms with Crippen molar-refractivity contribution in [3.63, 3.8) is 0 Å². The maximum Gasteiger partial charge on any atom is 0.251 e. The fraction of sp³-hybridized carbons (Fsp3) is 0.483. The van der Waals surface area contributed by atoms with Crippen molar-refractivity contribution in [1.29, 1.82) is 0 Å². The molecule has 3 amide bonds. The van der Waals surface area contributed by atoms with Crippen LogP contribution in [0.25, 0.3) is 0 Å². The largest absolute Gasteiger partial charge is 0.378 e. The molecule has 1 saturated carbocycles. The molecule has 0 spiro atoms. The van der Waals surface area contributed by atoms with E-state index in [1.165, 1.54) is 5.56 Å². The molecule has 1 aliphatic carbocycles. The van der Waals surface area contributed by atoms with Gasteiger partial charge >= 0.3 is 0 Å². The van der Waals surface area contributed by atoms with Gasteiger partial charge in [-0.2, -0.15) is 0 Å². The summed E-state index contributed by atoms with van der Waals surface area (Å²) in [6, 6.07) is 16.8. The fourth-order valence-electron chi connectivity index (χ4n) is 5.02. The van der Waals surface area contributed by atoms with E-state index in [2.05, 4.69) is 22.8 Å². The molecular weight excluding hydrogens is 468 g/mol. The van der Waals surface area contributed by atoms with Gasteiger partial charge in [-0.3, -0.25) is 19.6 Å². The van der Waals surface area contributed by atoms with E-state index in [9.17, 15) is 14.4 Å². The number of unbranched alkanes of at least 4 members (excludes halogenated alkanes) is 2. The third kappa shape index (κ3) is 8.60. The van der Waals surface area contributed by atoms with Crippen LogP contribution in [-0.4, -0.2) is 48.6 Å². The van der Waals surface area contributed by atoms with Crippen molar-refractivity contribution in [2.75, 3.05) is 19.0 Å². The van der Waals surface area contributed by atoms with Crippen LogP contribution in [-0.2, 0) is 16.0 Å². The molecule has 8 nitrogen and oxygen atoms in total. The first-order chi connectivity index (χ1) is 17.8. The zero-order valence-electron chi connectivity index (χ0n) is 22.0. The fourth-order valence-corrected chi connectivity index (χ4v) is 5.02. The number of hydrogen-bond acceptors (Lipinski definition) is 5. The first kappa shape index (κ1) is 28.2. The molecule has 0 heterocycles. The van der Waals surface area contributed by atoms with E-state index in [4.69, 9.17) is 5.21 Å². The molecule has 0 aliphatic heterocycles. The van der Waals surface area contributed by atoms with E-state index in [0.717, 1.165) is 37.8 Å². The van der Waals surface area contributed by atoms with Gasteiger partial charge in [-0.25, -0.2) is 5.48 Å². The standard InChI is InChI=1S/C29H40N4O4/c1-33(2)24-17-15-23(16-18-24)27(35)30-25(13-7-4-8-14-26(34)32-37)28(36)31-29(19-9-10-20-29)21-22-11-5-3-6-12-22/h3,5-6,11-12,15-18,25,37H,4,7-10,13-14,19-21H2,1-2H3,(H,30,35)(H,31,36)(H,32,34)/t25-/m0/s1. The molecule has 1 atom stereocenters. The first-order valence-corrected chi connectivity index (χ1v) is 13.2. The third-order valence-corrected chi connectivity index (χ3v) is 7.12. The second-order valence-corrected chi connectivity index (χ2v) is 10.2. The molecule has 0 unspecified atom stereocenters. The predicted molar refractivity (Wildman–Crippen MR) is 145 cm³/mol. The molecule has 0 bridgehead atoms. The molecule has 2 aromatic rings. The number of anilines is 1. The predicted octanol–water partition coefficient (Wildman–Crippen LogP) is 3.98. The van der Waals surface area contributed by atoms with Crippen LogP contribution >= 0.6 is 0 Å². The molecule has 8 heteroatoms. The summed E-state index contributed by atoms with van der Waals surface area (Å²) < 4.78 is 0. The summed E-state index contributed by atoms with van der Waals surface area (Å²) >= 11 is 0. The molecule has 1 fully saturated rings. The van der Waals surface area contributed by atoms with Crippen LogP contribution in [0.3, 0.4) is 0 Å². The lowest BCUT2D eigenvalue weighted by Gasteiger charge is -2.33. The molecule has 1 aliphatic rings. The van der Waals surface area contributed by atoms with Crippen LogP contribution in [0.5, 0.6) is 0 Å². The smallest absolute Gasteiger partial charge is 0.251 e. The second-order valence-electron chi connectivity index (χ2n) is 10.2. The van der Waals surface area contributed by atoms with Crippen molar-refractivity contribution in [3.05, 3.63) is 65.7 Å². The number of carbonyl (C=O) groups is 3. The Morgan fingerprint density at radius 2 is 1.62 bits per heavy atom. The average Bonchev–Trinajstić information content (AvgIpc) is 3.35. The van der Waals surface area contributed by atoms with Crippen molar-refractivity contribution in [2.24, 2.45) is 0 Å². The summed E-state index contributed by atoms with van der Waals surface area (Å²) in [5, 5.41) is 15.0. The van der Waals surface area contributed by atoms with Crippen molar-refractivity contribution >= 4 is 23.4 Å². The Kier molecular flexibility index (Phi) is 10.5. The lowest BCUT2D eigenvalue weighted by atomic mass is 9.88. The summed E-state index contributed by atoms with van der Waals surface area (Å²) in [5.41, 5.74) is 4.01. The van der Waals surface area contributed by atoms with Gasteiger partial charge in [0.05, 0.1) is 0 Å². The number of carbonyl (C=O) groups excluding carboxylic acids is 3. The minimum Gasteiger partial charge on any atom is -0.378 e. The number of rotatable bonds is 13. The minimum absolute atomic E-state index is 0.163. The molecular formula is C29H40N4O4. The highest BCUT2D eigenvalue weighted by molar-refractivity contribution is 5.97. The number of benzene rings is 2.